The van der Waals surface area contributed by atoms with Gasteiger partial charge in [-0.05, 0) is 40.9 Å². The number of ether oxygens (including phenoxy) is 10. The molecule has 0 saturated carbocycles. The van der Waals surface area contributed by atoms with Gasteiger partial charge < -0.3 is 47.4 Å². The first kappa shape index (κ1) is 45.4. The van der Waals surface area contributed by atoms with E-state index in [1.807, 2.05) is 60.7 Å². The number of carbonyl (C=O) groups is 4. The van der Waals surface area contributed by atoms with Crippen molar-refractivity contribution in [2.75, 3.05) is 20.3 Å². The zero-order valence-electron chi connectivity index (χ0n) is 34.2. The maximum absolute atomic E-state index is 14.0. The quantitative estimate of drug-likeness (QED) is 0.0376. The van der Waals surface area contributed by atoms with Crippen molar-refractivity contribution < 1.29 is 66.5 Å². The largest absolute Gasteiger partial charge is 0.463 e. The van der Waals surface area contributed by atoms with Crippen LogP contribution in [0, 0.1) is 0 Å². The number of methoxy groups -OCH3 is 1. The first-order valence-electron chi connectivity index (χ1n) is 19.8. The molecular formula is C45H47N3O14. The van der Waals surface area contributed by atoms with Crippen LogP contribution in [0.1, 0.15) is 45.7 Å². The van der Waals surface area contributed by atoms with Crippen LogP contribution in [-0.2, 0) is 70.2 Å². The summed E-state index contributed by atoms with van der Waals surface area (Å²) in [4.78, 5) is 55.2. The minimum Gasteiger partial charge on any atom is -0.463 e. The summed E-state index contributed by atoms with van der Waals surface area (Å²) >= 11 is 0. The van der Waals surface area contributed by atoms with E-state index >= 15 is 0 Å². The molecule has 17 nitrogen and oxygen atoms in total. The SMILES string of the molecule is CO[C@H]1O[C@H](COC(=O)c2ccccc2)[C@@H](O[C@@H]2O[C@@H](COC(C)=O)[C@@H](OC(C)=O)[C@H](OCc3ccccc3)[C@H]2OC(=O)c2ccccc2)[C@H](OCc2ccccc2)[C@H]1N=[N+]=[N-]. The van der Waals surface area contributed by atoms with Crippen LogP contribution in [0.4, 0.5) is 0 Å². The van der Waals surface area contributed by atoms with Crippen molar-refractivity contribution >= 4 is 23.9 Å². The van der Waals surface area contributed by atoms with Crippen molar-refractivity contribution in [1.82, 2.24) is 0 Å². The lowest BCUT2D eigenvalue weighted by Crippen LogP contribution is -2.66. The molecule has 0 amide bonds. The zero-order valence-corrected chi connectivity index (χ0v) is 34.2. The lowest BCUT2D eigenvalue weighted by molar-refractivity contribution is -0.352. The Hall–Kier alpha value is -6.17. The molecule has 0 radical (unpaired) electrons. The third-order valence-electron chi connectivity index (χ3n) is 9.88. The van der Waals surface area contributed by atoms with E-state index in [0.29, 0.717) is 0 Å². The molecule has 17 heteroatoms. The highest BCUT2D eigenvalue weighted by Gasteiger charge is 2.56. The Kier molecular flexibility index (Phi) is 16.5. The van der Waals surface area contributed by atoms with Gasteiger partial charge in [0, 0.05) is 25.9 Å². The number of carbonyl (C=O) groups excluding carboxylic acids is 4. The maximum Gasteiger partial charge on any atom is 0.338 e. The summed E-state index contributed by atoms with van der Waals surface area (Å²) < 4.78 is 61.5. The van der Waals surface area contributed by atoms with E-state index in [-0.39, 0.29) is 24.3 Å². The topological polar surface area (TPSA) is 209 Å². The molecule has 10 atom stereocenters. The third kappa shape index (κ3) is 12.2. The molecule has 2 aliphatic heterocycles. The van der Waals surface area contributed by atoms with Gasteiger partial charge in [0.1, 0.15) is 49.8 Å². The molecule has 6 rings (SSSR count). The van der Waals surface area contributed by atoms with Gasteiger partial charge in [-0.3, -0.25) is 9.59 Å². The fourth-order valence-electron chi connectivity index (χ4n) is 7.00. The molecule has 0 unspecified atom stereocenters. The summed E-state index contributed by atoms with van der Waals surface area (Å²) in [6.45, 7) is 1.43. The highest BCUT2D eigenvalue weighted by Crippen LogP contribution is 2.36. The van der Waals surface area contributed by atoms with Crippen molar-refractivity contribution in [2.45, 2.75) is 88.4 Å². The fraction of sp³-hybridized carbons (Fsp3) is 0.378. The number of rotatable bonds is 18. The van der Waals surface area contributed by atoms with Crippen molar-refractivity contribution in [3.05, 3.63) is 154 Å². The second kappa shape index (κ2) is 22.6. The molecule has 4 aromatic rings. The summed E-state index contributed by atoms with van der Waals surface area (Å²) in [5.74, 6) is -2.88. The van der Waals surface area contributed by atoms with Crippen LogP contribution >= 0.6 is 0 Å². The molecule has 0 aliphatic carbocycles. The average molecular weight is 854 g/mol. The van der Waals surface area contributed by atoms with Crippen LogP contribution in [0.15, 0.2) is 126 Å². The van der Waals surface area contributed by atoms with Crippen molar-refractivity contribution in [1.29, 1.82) is 0 Å². The first-order chi connectivity index (χ1) is 30.1. The molecule has 62 heavy (non-hydrogen) atoms. The Morgan fingerprint density at radius 2 is 1.08 bits per heavy atom. The van der Waals surface area contributed by atoms with Gasteiger partial charge in [0.25, 0.3) is 0 Å². The third-order valence-corrected chi connectivity index (χ3v) is 9.88. The van der Waals surface area contributed by atoms with E-state index in [1.165, 1.54) is 21.0 Å². The smallest absolute Gasteiger partial charge is 0.338 e. The predicted octanol–water partition coefficient (Wildman–Crippen LogP) is 5.89. The number of esters is 4. The lowest BCUT2D eigenvalue weighted by atomic mass is 9.95. The Morgan fingerprint density at radius 1 is 0.581 bits per heavy atom. The van der Waals surface area contributed by atoms with Crippen molar-refractivity contribution in [2.24, 2.45) is 5.11 Å². The maximum atomic E-state index is 14.0. The molecule has 2 aliphatic rings. The molecular weight excluding hydrogens is 807 g/mol. The van der Waals surface area contributed by atoms with Gasteiger partial charge in [-0.2, -0.15) is 0 Å². The summed E-state index contributed by atoms with van der Waals surface area (Å²) in [6.07, 6.45) is -12.1. The van der Waals surface area contributed by atoms with Crippen LogP contribution in [-0.4, -0.2) is 106 Å². The van der Waals surface area contributed by atoms with E-state index < -0.39 is 98.4 Å². The number of hydrogen-bond acceptors (Lipinski definition) is 15. The summed E-state index contributed by atoms with van der Waals surface area (Å²) in [5, 5.41) is 4.00. The summed E-state index contributed by atoms with van der Waals surface area (Å²) in [5.41, 5.74) is 11.7. The van der Waals surface area contributed by atoms with Crippen LogP contribution in [0.3, 0.4) is 0 Å². The standard InChI is InChI=1S/C45H47N3O14/c1-28(49)54-26-34-38(58-29(2)50)40(56-25-31-18-10-5-11-19-31)41(61-43(52)33-22-14-7-15-23-33)45(60-34)62-37-35(27-57-42(51)32-20-12-6-13-21-32)59-44(53-3)36(47-48-46)39(37)55-24-30-16-8-4-9-17-30/h4-23,34-41,44-45H,24-27H2,1-3H3/t34-,35+,36+,37+,38+,39+,40-,41+,44-,45-/m0/s1. The summed E-state index contributed by atoms with van der Waals surface area (Å²) in [6, 6.07) is 33.4. The zero-order chi connectivity index (χ0) is 43.8. The Bertz CT molecular complexity index is 2110. The second-order valence-electron chi connectivity index (χ2n) is 14.2. The molecule has 2 heterocycles. The highest BCUT2D eigenvalue weighted by molar-refractivity contribution is 5.89. The van der Waals surface area contributed by atoms with Crippen LogP contribution in [0.2, 0.25) is 0 Å². The normalized spacial score (nSPS) is 25.7. The van der Waals surface area contributed by atoms with Gasteiger partial charge in [0.05, 0.1) is 24.3 Å². The number of benzene rings is 4. The highest BCUT2D eigenvalue weighted by atomic mass is 16.8. The first-order valence-corrected chi connectivity index (χ1v) is 19.8. The predicted molar refractivity (Wildman–Crippen MR) is 217 cm³/mol. The van der Waals surface area contributed by atoms with Crippen LogP contribution < -0.4 is 0 Å². The Labute approximate surface area is 357 Å². The molecule has 4 aromatic carbocycles. The van der Waals surface area contributed by atoms with E-state index in [0.717, 1.165) is 11.1 Å². The van der Waals surface area contributed by atoms with Crippen molar-refractivity contribution in [3.63, 3.8) is 0 Å². The van der Waals surface area contributed by atoms with E-state index in [2.05, 4.69) is 10.0 Å². The minimum absolute atomic E-state index is 0.0138. The van der Waals surface area contributed by atoms with Crippen molar-refractivity contribution in [3.8, 4) is 0 Å². The van der Waals surface area contributed by atoms with Gasteiger partial charge >= 0.3 is 23.9 Å². The van der Waals surface area contributed by atoms with Gasteiger partial charge in [-0.1, -0.05) is 102 Å². The van der Waals surface area contributed by atoms with Gasteiger partial charge in [-0.25, -0.2) is 9.59 Å². The number of hydrogen-bond donors (Lipinski definition) is 0. The molecule has 2 fully saturated rings. The van der Waals surface area contributed by atoms with Crippen LogP contribution in [0.25, 0.3) is 10.4 Å². The molecule has 2 saturated heterocycles. The van der Waals surface area contributed by atoms with E-state index in [4.69, 9.17) is 47.4 Å². The Morgan fingerprint density at radius 3 is 1.61 bits per heavy atom. The van der Waals surface area contributed by atoms with Gasteiger partial charge in [0.15, 0.2) is 24.8 Å². The summed E-state index contributed by atoms with van der Waals surface area (Å²) in [7, 11) is 1.35. The molecule has 326 valence electrons. The molecule has 0 spiro atoms. The average Bonchev–Trinajstić information content (AvgIpc) is 3.29. The van der Waals surface area contributed by atoms with Gasteiger partial charge in [-0.15, -0.1) is 0 Å². The lowest BCUT2D eigenvalue weighted by Gasteiger charge is -2.49. The molecule has 0 bridgehead atoms. The number of nitrogens with zero attached hydrogens (tertiary/aromatic N) is 3. The molecule has 0 aromatic heterocycles. The minimum atomic E-state index is -1.63. The van der Waals surface area contributed by atoms with E-state index in [9.17, 15) is 24.7 Å². The van der Waals surface area contributed by atoms with Gasteiger partial charge in [0.2, 0.25) is 0 Å². The van der Waals surface area contributed by atoms with E-state index in [1.54, 1.807) is 60.7 Å². The fourth-order valence-corrected chi connectivity index (χ4v) is 7.00. The van der Waals surface area contributed by atoms with Crippen LogP contribution in [0.5, 0.6) is 0 Å². The Balaban J connectivity index is 1.44. The monoisotopic (exact) mass is 853 g/mol. The molecule has 0 N–H and O–H groups in total. The second-order valence-corrected chi connectivity index (χ2v) is 14.2. The number of azide groups is 1.